The van der Waals surface area contributed by atoms with Gasteiger partial charge in [-0.25, -0.2) is 0 Å². The van der Waals surface area contributed by atoms with Gasteiger partial charge in [0.2, 0.25) is 0 Å². The van der Waals surface area contributed by atoms with Crippen molar-refractivity contribution in [2.75, 3.05) is 49.2 Å². The maximum Gasteiger partial charge on any atom is 0.123 e. The molecule has 2 aromatic rings. The lowest BCUT2D eigenvalue weighted by molar-refractivity contribution is 0.202. The van der Waals surface area contributed by atoms with Gasteiger partial charge >= 0.3 is 0 Å². The van der Waals surface area contributed by atoms with Gasteiger partial charge in [-0.15, -0.1) is 0 Å². The first kappa shape index (κ1) is 16.6. The first-order valence-corrected chi connectivity index (χ1v) is 9.11. The minimum Gasteiger partial charge on any atom is -0.491 e. The fourth-order valence-electron chi connectivity index (χ4n) is 3.07. The molecule has 2 aromatic carbocycles. The standard InChI is InChI=1S/C20H23ClN2O2/c1-20(15-25-20)14-24-19-8-6-18(7-9-19)23-12-10-22(11-13-23)17-4-2-16(21)3-5-17/h2-9H,10-15H2,1H3. The minimum absolute atomic E-state index is 0.0728. The summed E-state index contributed by atoms with van der Waals surface area (Å²) >= 11 is 5.97. The highest BCUT2D eigenvalue weighted by Gasteiger charge is 2.40. The number of hydrogen-bond acceptors (Lipinski definition) is 4. The molecule has 0 saturated carbocycles. The van der Waals surface area contributed by atoms with E-state index in [9.17, 15) is 0 Å². The number of nitrogens with zero attached hydrogens (tertiary/aromatic N) is 2. The molecule has 2 heterocycles. The lowest BCUT2D eigenvalue weighted by Gasteiger charge is -2.37. The molecule has 5 heteroatoms. The number of anilines is 2. The van der Waals surface area contributed by atoms with Crippen molar-refractivity contribution >= 4 is 23.0 Å². The van der Waals surface area contributed by atoms with E-state index in [0.717, 1.165) is 43.6 Å². The van der Waals surface area contributed by atoms with Crippen LogP contribution in [-0.2, 0) is 4.74 Å². The lowest BCUT2D eigenvalue weighted by Crippen LogP contribution is -2.46. The second-order valence-corrected chi connectivity index (χ2v) is 7.41. The molecular weight excluding hydrogens is 336 g/mol. The third-order valence-electron chi connectivity index (χ3n) is 4.85. The van der Waals surface area contributed by atoms with E-state index < -0.39 is 0 Å². The van der Waals surface area contributed by atoms with Gasteiger partial charge in [0.05, 0.1) is 6.61 Å². The Kier molecular flexibility index (Phi) is 4.48. The molecule has 132 valence electrons. The predicted octanol–water partition coefficient (Wildman–Crippen LogP) is 3.83. The summed E-state index contributed by atoms with van der Waals surface area (Å²) < 4.78 is 11.1. The van der Waals surface area contributed by atoms with E-state index in [-0.39, 0.29) is 5.60 Å². The molecule has 0 radical (unpaired) electrons. The fraction of sp³-hybridized carbons (Fsp3) is 0.400. The summed E-state index contributed by atoms with van der Waals surface area (Å²) in [5.41, 5.74) is 2.41. The summed E-state index contributed by atoms with van der Waals surface area (Å²) in [4.78, 5) is 4.82. The summed E-state index contributed by atoms with van der Waals surface area (Å²) in [6.45, 7) is 7.52. The van der Waals surface area contributed by atoms with Gasteiger partial charge in [-0.2, -0.15) is 0 Å². The van der Waals surface area contributed by atoms with Crippen molar-refractivity contribution in [3.05, 3.63) is 53.6 Å². The summed E-state index contributed by atoms with van der Waals surface area (Å²) in [6, 6.07) is 16.5. The minimum atomic E-state index is -0.0728. The van der Waals surface area contributed by atoms with Gasteiger partial charge < -0.3 is 19.3 Å². The molecule has 2 aliphatic heterocycles. The third-order valence-corrected chi connectivity index (χ3v) is 5.11. The van der Waals surface area contributed by atoms with Crippen molar-refractivity contribution in [1.29, 1.82) is 0 Å². The molecular formula is C20H23ClN2O2. The van der Waals surface area contributed by atoms with Gasteiger partial charge in [0.25, 0.3) is 0 Å². The van der Waals surface area contributed by atoms with Crippen molar-refractivity contribution in [2.24, 2.45) is 0 Å². The second kappa shape index (κ2) is 6.77. The summed E-state index contributed by atoms with van der Waals surface area (Å²) in [5.74, 6) is 0.903. The van der Waals surface area contributed by atoms with Crippen molar-refractivity contribution in [3.8, 4) is 5.75 Å². The van der Waals surface area contributed by atoms with Crippen LogP contribution >= 0.6 is 11.6 Å². The number of epoxide rings is 1. The Bertz CT molecular complexity index is 705. The van der Waals surface area contributed by atoms with Crippen molar-refractivity contribution in [3.63, 3.8) is 0 Å². The molecule has 1 unspecified atom stereocenters. The van der Waals surface area contributed by atoms with Gasteiger partial charge in [0, 0.05) is 42.6 Å². The molecule has 0 amide bonds. The fourth-order valence-corrected chi connectivity index (χ4v) is 3.20. The molecule has 1 atom stereocenters. The van der Waals surface area contributed by atoms with E-state index >= 15 is 0 Å². The van der Waals surface area contributed by atoms with Gasteiger partial charge in [-0.3, -0.25) is 0 Å². The van der Waals surface area contributed by atoms with Gasteiger partial charge in [-0.05, 0) is 55.5 Å². The SMILES string of the molecule is CC1(COc2ccc(N3CCN(c4ccc(Cl)cc4)CC3)cc2)CO1. The molecule has 0 aromatic heterocycles. The number of benzene rings is 2. The molecule has 0 N–H and O–H groups in total. The molecule has 25 heavy (non-hydrogen) atoms. The Balaban J connectivity index is 1.31. The molecule has 4 rings (SSSR count). The van der Waals surface area contributed by atoms with E-state index in [1.54, 1.807) is 0 Å². The number of ether oxygens (including phenoxy) is 2. The highest BCUT2D eigenvalue weighted by molar-refractivity contribution is 6.30. The van der Waals surface area contributed by atoms with Crippen LogP contribution < -0.4 is 14.5 Å². The average molecular weight is 359 g/mol. The quantitative estimate of drug-likeness (QED) is 0.759. The van der Waals surface area contributed by atoms with Crippen molar-refractivity contribution < 1.29 is 9.47 Å². The summed E-state index contributed by atoms with van der Waals surface area (Å²) in [6.07, 6.45) is 0. The maximum absolute atomic E-state index is 5.97. The molecule has 0 spiro atoms. The zero-order chi connectivity index (χ0) is 17.3. The first-order chi connectivity index (χ1) is 12.1. The number of piperazine rings is 1. The highest BCUT2D eigenvalue weighted by Crippen LogP contribution is 2.28. The number of halogens is 1. The smallest absolute Gasteiger partial charge is 0.123 e. The second-order valence-electron chi connectivity index (χ2n) is 6.97. The van der Waals surface area contributed by atoms with Crippen LogP contribution in [0, 0.1) is 0 Å². The Morgan fingerprint density at radius 3 is 1.88 bits per heavy atom. The van der Waals surface area contributed by atoms with Crippen molar-refractivity contribution in [2.45, 2.75) is 12.5 Å². The molecule has 2 fully saturated rings. The van der Waals surface area contributed by atoms with E-state index in [1.165, 1.54) is 11.4 Å². The topological polar surface area (TPSA) is 28.2 Å². The zero-order valence-corrected chi connectivity index (χ0v) is 15.2. The van der Waals surface area contributed by atoms with Crippen molar-refractivity contribution in [1.82, 2.24) is 0 Å². The van der Waals surface area contributed by atoms with Crippen LogP contribution in [0.4, 0.5) is 11.4 Å². The Morgan fingerprint density at radius 2 is 1.40 bits per heavy atom. The van der Waals surface area contributed by atoms with Crippen LogP contribution in [0.3, 0.4) is 0 Å². The first-order valence-electron chi connectivity index (χ1n) is 8.74. The zero-order valence-electron chi connectivity index (χ0n) is 14.5. The largest absolute Gasteiger partial charge is 0.491 e. The molecule has 2 saturated heterocycles. The molecule has 2 aliphatic rings. The Morgan fingerprint density at radius 1 is 0.920 bits per heavy atom. The van der Waals surface area contributed by atoms with Gasteiger partial charge in [0.15, 0.2) is 0 Å². The third kappa shape index (κ3) is 4.02. The Labute approximate surface area is 153 Å². The molecule has 0 aliphatic carbocycles. The summed E-state index contributed by atoms with van der Waals surface area (Å²) in [7, 11) is 0. The van der Waals surface area contributed by atoms with Crippen LogP contribution in [0.2, 0.25) is 5.02 Å². The summed E-state index contributed by atoms with van der Waals surface area (Å²) in [5, 5.41) is 0.784. The van der Waals surface area contributed by atoms with Crippen LogP contribution in [0.25, 0.3) is 0 Å². The number of rotatable bonds is 5. The van der Waals surface area contributed by atoms with E-state index in [2.05, 4.69) is 41.0 Å². The van der Waals surface area contributed by atoms with E-state index in [0.29, 0.717) is 6.61 Å². The molecule has 0 bridgehead atoms. The average Bonchev–Trinajstić information content (AvgIpc) is 3.39. The van der Waals surface area contributed by atoms with E-state index in [1.807, 2.05) is 24.3 Å². The normalized spacial score (nSPS) is 22.8. The highest BCUT2D eigenvalue weighted by atomic mass is 35.5. The van der Waals surface area contributed by atoms with Crippen LogP contribution in [-0.4, -0.2) is 45.0 Å². The number of hydrogen-bond donors (Lipinski definition) is 0. The van der Waals surface area contributed by atoms with E-state index in [4.69, 9.17) is 21.1 Å². The van der Waals surface area contributed by atoms with Gasteiger partial charge in [0.1, 0.15) is 18.0 Å². The van der Waals surface area contributed by atoms with Crippen LogP contribution in [0.15, 0.2) is 48.5 Å². The molecule has 4 nitrogen and oxygen atoms in total. The predicted molar refractivity (Wildman–Crippen MR) is 102 cm³/mol. The van der Waals surface area contributed by atoms with Gasteiger partial charge in [-0.1, -0.05) is 11.6 Å². The monoisotopic (exact) mass is 358 g/mol. The maximum atomic E-state index is 5.97. The Hall–Kier alpha value is -1.91. The van der Waals surface area contributed by atoms with Crippen LogP contribution in [0.1, 0.15) is 6.92 Å². The lowest BCUT2D eigenvalue weighted by atomic mass is 10.2. The van der Waals surface area contributed by atoms with Crippen LogP contribution in [0.5, 0.6) is 5.75 Å².